The van der Waals surface area contributed by atoms with Crippen molar-refractivity contribution in [2.24, 2.45) is 0 Å². The number of rotatable bonds is 5. The average Bonchev–Trinajstić information content (AvgIpc) is 2.96. The standard InChI is InChI=1S/C17H19BrN2O/c1-19-16(11-15-4-2-3-6-20-15)10-13-9-14(18)8-12-5-7-21-17(12)13/h2-4,6,8-9,16,19H,5,7,10-11H2,1H3. The zero-order valence-electron chi connectivity index (χ0n) is 12.1. The first-order chi connectivity index (χ1) is 10.3. The number of ether oxygens (including phenoxy) is 1. The molecule has 0 bridgehead atoms. The number of aromatic nitrogens is 1. The van der Waals surface area contributed by atoms with Crippen molar-refractivity contribution >= 4 is 15.9 Å². The van der Waals surface area contributed by atoms with Crippen LogP contribution >= 0.6 is 15.9 Å². The third kappa shape index (κ3) is 3.44. The molecule has 0 saturated heterocycles. The monoisotopic (exact) mass is 346 g/mol. The summed E-state index contributed by atoms with van der Waals surface area (Å²) in [6.45, 7) is 0.795. The molecule has 1 aliphatic heterocycles. The predicted molar refractivity (Wildman–Crippen MR) is 87.8 cm³/mol. The van der Waals surface area contributed by atoms with E-state index in [1.54, 1.807) is 0 Å². The fourth-order valence-corrected chi connectivity index (χ4v) is 3.36. The van der Waals surface area contributed by atoms with Gasteiger partial charge in [-0.1, -0.05) is 22.0 Å². The lowest BCUT2D eigenvalue weighted by Crippen LogP contribution is -2.30. The summed E-state index contributed by atoms with van der Waals surface area (Å²) in [6, 6.07) is 10.8. The first-order valence-electron chi connectivity index (χ1n) is 7.27. The highest BCUT2D eigenvalue weighted by Crippen LogP contribution is 2.33. The van der Waals surface area contributed by atoms with Gasteiger partial charge in [-0.05, 0) is 48.9 Å². The second-order valence-electron chi connectivity index (χ2n) is 5.37. The number of fused-ring (bicyclic) bond motifs is 1. The van der Waals surface area contributed by atoms with E-state index in [1.165, 1.54) is 11.1 Å². The van der Waals surface area contributed by atoms with E-state index in [0.717, 1.165) is 41.8 Å². The van der Waals surface area contributed by atoms with Crippen LogP contribution in [-0.4, -0.2) is 24.7 Å². The lowest BCUT2D eigenvalue weighted by atomic mass is 9.98. The Morgan fingerprint density at radius 3 is 3.00 bits per heavy atom. The van der Waals surface area contributed by atoms with Crippen LogP contribution in [0.5, 0.6) is 5.75 Å². The Morgan fingerprint density at radius 2 is 2.24 bits per heavy atom. The summed E-state index contributed by atoms with van der Waals surface area (Å²) in [7, 11) is 2.01. The molecule has 0 spiro atoms. The van der Waals surface area contributed by atoms with Gasteiger partial charge in [-0.2, -0.15) is 0 Å². The number of nitrogens with one attached hydrogen (secondary N) is 1. The van der Waals surface area contributed by atoms with Crippen LogP contribution in [0.1, 0.15) is 16.8 Å². The van der Waals surface area contributed by atoms with Gasteiger partial charge in [0.1, 0.15) is 5.75 Å². The quantitative estimate of drug-likeness (QED) is 0.902. The Balaban J connectivity index is 1.78. The van der Waals surface area contributed by atoms with Crippen molar-refractivity contribution in [1.29, 1.82) is 0 Å². The average molecular weight is 347 g/mol. The molecule has 1 aromatic heterocycles. The Kier molecular flexibility index (Phi) is 4.56. The third-order valence-corrected chi connectivity index (χ3v) is 4.34. The molecule has 0 radical (unpaired) electrons. The fraction of sp³-hybridized carbons (Fsp3) is 0.353. The summed E-state index contributed by atoms with van der Waals surface area (Å²) in [4.78, 5) is 4.42. The lowest BCUT2D eigenvalue weighted by Gasteiger charge is -2.18. The number of nitrogens with zero attached hydrogens (tertiary/aromatic N) is 1. The van der Waals surface area contributed by atoms with Crippen LogP contribution in [0.4, 0.5) is 0 Å². The van der Waals surface area contributed by atoms with Crippen LogP contribution < -0.4 is 10.1 Å². The largest absolute Gasteiger partial charge is 0.493 e. The highest BCUT2D eigenvalue weighted by atomic mass is 79.9. The van der Waals surface area contributed by atoms with E-state index in [1.807, 2.05) is 25.4 Å². The molecule has 3 nitrogen and oxygen atoms in total. The minimum Gasteiger partial charge on any atom is -0.493 e. The van der Waals surface area contributed by atoms with Gasteiger partial charge in [0.05, 0.1) is 6.61 Å². The van der Waals surface area contributed by atoms with Gasteiger partial charge < -0.3 is 10.1 Å². The Hall–Kier alpha value is -1.39. The molecule has 0 fully saturated rings. The van der Waals surface area contributed by atoms with E-state index >= 15 is 0 Å². The van der Waals surface area contributed by atoms with Gasteiger partial charge >= 0.3 is 0 Å². The Labute approximate surface area is 133 Å². The highest BCUT2D eigenvalue weighted by molar-refractivity contribution is 9.10. The van der Waals surface area contributed by atoms with Gasteiger partial charge in [-0.3, -0.25) is 4.98 Å². The molecule has 110 valence electrons. The zero-order chi connectivity index (χ0) is 14.7. The molecule has 21 heavy (non-hydrogen) atoms. The summed E-state index contributed by atoms with van der Waals surface area (Å²) >= 11 is 3.61. The maximum atomic E-state index is 5.82. The second-order valence-corrected chi connectivity index (χ2v) is 6.28. The minimum atomic E-state index is 0.350. The van der Waals surface area contributed by atoms with Crippen LogP contribution in [0.3, 0.4) is 0 Å². The number of pyridine rings is 1. The van der Waals surface area contributed by atoms with E-state index in [9.17, 15) is 0 Å². The highest BCUT2D eigenvalue weighted by Gasteiger charge is 2.20. The van der Waals surface area contributed by atoms with Gasteiger partial charge in [0.25, 0.3) is 0 Å². The van der Waals surface area contributed by atoms with E-state index in [2.05, 4.69) is 44.4 Å². The normalized spacial score (nSPS) is 14.6. The molecule has 1 unspecified atom stereocenters. The Morgan fingerprint density at radius 1 is 1.33 bits per heavy atom. The van der Waals surface area contributed by atoms with Crippen molar-refractivity contribution in [3.05, 3.63) is 57.8 Å². The van der Waals surface area contributed by atoms with E-state index in [0.29, 0.717) is 6.04 Å². The molecule has 0 saturated carbocycles. The van der Waals surface area contributed by atoms with E-state index in [-0.39, 0.29) is 0 Å². The van der Waals surface area contributed by atoms with Crippen molar-refractivity contribution < 1.29 is 4.74 Å². The summed E-state index contributed by atoms with van der Waals surface area (Å²) in [5.41, 5.74) is 3.70. The zero-order valence-corrected chi connectivity index (χ0v) is 13.7. The van der Waals surface area contributed by atoms with Gasteiger partial charge in [0.2, 0.25) is 0 Å². The van der Waals surface area contributed by atoms with Crippen LogP contribution in [0.25, 0.3) is 0 Å². The van der Waals surface area contributed by atoms with Gasteiger partial charge in [0.15, 0.2) is 0 Å². The molecule has 0 amide bonds. The lowest BCUT2D eigenvalue weighted by molar-refractivity contribution is 0.351. The first kappa shape index (κ1) is 14.5. The molecule has 0 aliphatic carbocycles. The van der Waals surface area contributed by atoms with Crippen molar-refractivity contribution in [2.75, 3.05) is 13.7 Å². The van der Waals surface area contributed by atoms with Crippen molar-refractivity contribution in [3.8, 4) is 5.75 Å². The predicted octanol–water partition coefficient (Wildman–Crippen LogP) is 3.15. The summed E-state index contributed by atoms with van der Waals surface area (Å²) in [6.07, 6.45) is 4.71. The second kappa shape index (κ2) is 6.58. The fourth-order valence-electron chi connectivity index (χ4n) is 2.81. The number of hydrogen-bond acceptors (Lipinski definition) is 3. The van der Waals surface area contributed by atoms with Crippen molar-refractivity contribution in [1.82, 2.24) is 10.3 Å². The maximum absolute atomic E-state index is 5.82. The molecular weight excluding hydrogens is 328 g/mol. The van der Waals surface area contributed by atoms with Gasteiger partial charge in [-0.15, -0.1) is 0 Å². The summed E-state index contributed by atoms with van der Waals surface area (Å²) in [5.74, 6) is 1.08. The van der Waals surface area contributed by atoms with Crippen LogP contribution in [0.15, 0.2) is 41.0 Å². The molecule has 1 N–H and O–H groups in total. The van der Waals surface area contributed by atoms with Crippen molar-refractivity contribution in [2.45, 2.75) is 25.3 Å². The molecule has 2 heterocycles. The molecule has 1 aromatic carbocycles. The third-order valence-electron chi connectivity index (χ3n) is 3.88. The van der Waals surface area contributed by atoms with Crippen LogP contribution in [0, 0.1) is 0 Å². The number of hydrogen-bond donors (Lipinski definition) is 1. The first-order valence-corrected chi connectivity index (χ1v) is 8.07. The van der Waals surface area contributed by atoms with Gasteiger partial charge in [-0.25, -0.2) is 0 Å². The molecule has 1 aliphatic rings. The molecule has 2 aromatic rings. The van der Waals surface area contributed by atoms with Crippen molar-refractivity contribution in [3.63, 3.8) is 0 Å². The maximum Gasteiger partial charge on any atom is 0.125 e. The minimum absolute atomic E-state index is 0.350. The van der Waals surface area contributed by atoms with E-state index in [4.69, 9.17) is 4.74 Å². The molecule has 1 atom stereocenters. The van der Waals surface area contributed by atoms with Gasteiger partial charge in [0, 0.05) is 35.2 Å². The number of likely N-dealkylation sites (N-methyl/N-ethyl adjacent to an activating group) is 1. The van der Waals surface area contributed by atoms with Crippen LogP contribution in [0.2, 0.25) is 0 Å². The van der Waals surface area contributed by atoms with Crippen LogP contribution in [-0.2, 0) is 19.3 Å². The number of halogens is 1. The topological polar surface area (TPSA) is 34.2 Å². The smallest absolute Gasteiger partial charge is 0.125 e. The summed E-state index contributed by atoms with van der Waals surface area (Å²) < 4.78 is 6.95. The Bertz CT molecular complexity index is 616. The van der Waals surface area contributed by atoms with E-state index < -0.39 is 0 Å². The molecule has 4 heteroatoms. The summed E-state index contributed by atoms with van der Waals surface area (Å²) in [5, 5.41) is 3.40. The molecular formula is C17H19BrN2O. The SMILES string of the molecule is CNC(Cc1ccccn1)Cc1cc(Br)cc2c1OCC2. The molecule has 3 rings (SSSR count). The number of benzene rings is 1.